The summed E-state index contributed by atoms with van der Waals surface area (Å²) in [6.07, 6.45) is 0. The van der Waals surface area contributed by atoms with E-state index in [9.17, 15) is 4.79 Å². The number of hydrogen-bond donors (Lipinski definition) is 3. The predicted molar refractivity (Wildman–Crippen MR) is 88.0 cm³/mol. The second-order valence-electron chi connectivity index (χ2n) is 5.03. The third-order valence-corrected chi connectivity index (χ3v) is 3.38. The Morgan fingerprint density at radius 1 is 1.09 bits per heavy atom. The Morgan fingerprint density at radius 2 is 1.86 bits per heavy atom. The molecular weight excluding hydrogens is 276 g/mol. The smallest absolute Gasteiger partial charge is 0.251 e. The number of amides is 1. The molecule has 1 heterocycles. The molecule has 0 aromatic heterocycles. The van der Waals surface area contributed by atoms with E-state index in [1.54, 1.807) is 12.1 Å². The average molecular weight is 294 g/mol. The normalized spacial score (nSPS) is 13.2. The maximum absolute atomic E-state index is 12.0. The van der Waals surface area contributed by atoms with Gasteiger partial charge in [-0.2, -0.15) is 0 Å². The Balaban J connectivity index is 1.54. The quantitative estimate of drug-likeness (QED) is 0.808. The minimum Gasteiger partial charge on any atom is -0.354 e. The van der Waals surface area contributed by atoms with Crippen molar-refractivity contribution in [3.8, 4) is 0 Å². The van der Waals surface area contributed by atoms with E-state index >= 15 is 0 Å². The van der Waals surface area contributed by atoms with E-state index in [2.05, 4.69) is 20.9 Å². The lowest BCUT2D eigenvalue weighted by molar-refractivity contribution is 0.0951. The van der Waals surface area contributed by atoms with Crippen LogP contribution in [0.3, 0.4) is 0 Å². The molecule has 1 aliphatic rings. The molecule has 3 N–H and O–H groups in total. The van der Waals surface area contributed by atoms with Gasteiger partial charge in [-0.05, 0) is 29.8 Å². The average Bonchev–Trinajstić information content (AvgIpc) is 3.08. The Bertz CT molecular complexity index is 665. The summed E-state index contributed by atoms with van der Waals surface area (Å²) in [6.45, 7) is 2.20. The van der Waals surface area contributed by atoms with E-state index in [4.69, 9.17) is 0 Å². The molecule has 2 aromatic carbocycles. The van der Waals surface area contributed by atoms with Gasteiger partial charge in [0.1, 0.15) is 0 Å². The highest BCUT2D eigenvalue weighted by molar-refractivity contribution is 5.95. The molecule has 0 atom stereocenters. The van der Waals surface area contributed by atoms with Crippen molar-refractivity contribution in [2.24, 2.45) is 4.99 Å². The van der Waals surface area contributed by atoms with Gasteiger partial charge in [0, 0.05) is 24.3 Å². The number of benzene rings is 2. The zero-order valence-corrected chi connectivity index (χ0v) is 12.2. The van der Waals surface area contributed by atoms with Crippen LogP contribution >= 0.6 is 0 Å². The van der Waals surface area contributed by atoms with Crippen molar-refractivity contribution in [2.45, 2.75) is 6.54 Å². The van der Waals surface area contributed by atoms with Crippen LogP contribution in [0.25, 0.3) is 0 Å². The molecule has 0 saturated heterocycles. The molecule has 0 spiro atoms. The van der Waals surface area contributed by atoms with Crippen LogP contribution in [0.1, 0.15) is 15.9 Å². The number of hydrogen-bond acceptors (Lipinski definition) is 4. The molecule has 0 fully saturated rings. The summed E-state index contributed by atoms with van der Waals surface area (Å²) in [4.78, 5) is 16.3. The maximum atomic E-state index is 12.0. The molecule has 22 heavy (non-hydrogen) atoms. The van der Waals surface area contributed by atoms with Crippen molar-refractivity contribution in [3.63, 3.8) is 0 Å². The summed E-state index contributed by atoms with van der Waals surface area (Å²) >= 11 is 0. The number of nitrogens with one attached hydrogen (secondary N) is 3. The standard InChI is InChI=1S/C17H18N4O/c22-16(14-4-2-1-3-5-14)20-12-13-6-8-15(9-7-13)21-17-18-10-11-19-17/h1-9H,10-12H2,(H,20,22)(H2,18,19,21). The fraction of sp³-hybridized carbons (Fsp3) is 0.176. The van der Waals surface area contributed by atoms with Gasteiger partial charge in [0.25, 0.3) is 5.91 Å². The van der Waals surface area contributed by atoms with Crippen molar-refractivity contribution in [1.82, 2.24) is 10.6 Å². The van der Waals surface area contributed by atoms with Crippen LogP contribution < -0.4 is 16.0 Å². The van der Waals surface area contributed by atoms with Crippen LogP contribution in [0.5, 0.6) is 0 Å². The molecule has 0 radical (unpaired) electrons. The van der Waals surface area contributed by atoms with Crippen molar-refractivity contribution >= 4 is 17.6 Å². The summed E-state index contributed by atoms with van der Waals surface area (Å²) in [5.41, 5.74) is 2.70. The van der Waals surface area contributed by atoms with Gasteiger partial charge in [0.05, 0.1) is 6.54 Å². The number of carbonyl (C=O) groups excluding carboxylic acids is 1. The lowest BCUT2D eigenvalue weighted by Crippen LogP contribution is -2.26. The van der Waals surface area contributed by atoms with E-state index in [0.29, 0.717) is 12.1 Å². The van der Waals surface area contributed by atoms with Crippen LogP contribution in [0, 0.1) is 0 Å². The summed E-state index contributed by atoms with van der Waals surface area (Å²) in [5, 5.41) is 9.28. The molecule has 5 nitrogen and oxygen atoms in total. The van der Waals surface area contributed by atoms with Gasteiger partial charge < -0.3 is 16.0 Å². The third-order valence-electron chi connectivity index (χ3n) is 3.38. The summed E-state index contributed by atoms with van der Waals surface area (Å²) in [5.74, 6) is 0.748. The Hall–Kier alpha value is -2.82. The molecule has 0 saturated carbocycles. The first kappa shape index (κ1) is 14.1. The number of aliphatic imine (C=N–C) groups is 1. The van der Waals surface area contributed by atoms with Crippen LogP contribution in [0.2, 0.25) is 0 Å². The third kappa shape index (κ3) is 3.63. The minimum atomic E-state index is -0.0627. The number of anilines is 1. The van der Waals surface area contributed by atoms with E-state index in [-0.39, 0.29) is 5.91 Å². The Morgan fingerprint density at radius 3 is 2.55 bits per heavy atom. The van der Waals surface area contributed by atoms with Crippen LogP contribution in [-0.2, 0) is 6.54 Å². The molecule has 5 heteroatoms. The molecule has 0 aliphatic carbocycles. The van der Waals surface area contributed by atoms with Gasteiger partial charge in [-0.25, -0.2) is 0 Å². The second kappa shape index (κ2) is 6.76. The molecule has 1 aliphatic heterocycles. The van der Waals surface area contributed by atoms with E-state index in [1.807, 2.05) is 42.5 Å². The fourth-order valence-electron chi connectivity index (χ4n) is 2.20. The first-order chi connectivity index (χ1) is 10.8. The topological polar surface area (TPSA) is 65.5 Å². The summed E-state index contributed by atoms with van der Waals surface area (Å²) < 4.78 is 0. The fourth-order valence-corrected chi connectivity index (χ4v) is 2.20. The van der Waals surface area contributed by atoms with E-state index in [0.717, 1.165) is 30.3 Å². The van der Waals surface area contributed by atoms with Crippen LogP contribution in [-0.4, -0.2) is 25.0 Å². The lowest BCUT2D eigenvalue weighted by atomic mass is 10.2. The molecule has 112 valence electrons. The molecule has 2 aromatic rings. The summed E-state index contributed by atoms with van der Waals surface area (Å²) in [6, 6.07) is 17.1. The monoisotopic (exact) mass is 294 g/mol. The first-order valence-corrected chi connectivity index (χ1v) is 7.29. The van der Waals surface area contributed by atoms with Gasteiger partial charge >= 0.3 is 0 Å². The van der Waals surface area contributed by atoms with Gasteiger partial charge in [0.2, 0.25) is 0 Å². The zero-order chi connectivity index (χ0) is 15.2. The van der Waals surface area contributed by atoms with Crippen LogP contribution in [0.4, 0.5) is 5.69 Å². The largest absolute Gasteiger partial charge is 0.354 e. The predicted octanol–water partition coefficient (Wildman–Crippen LogP) is 1.99. The number of rotatable bonds is 4. The Labute approximate surface area is 129 Å². The van der Waals surface area contributed by atoms with Crippen molar-refractivity contribution in [3.05, 3.63) is 65.7 Å². The summed E-state index contributed by atoms with van der Waals surface area (Å²) in [7, 11) is 0. The highest BCUT2D eigenvalue weighted by Crippen LogP contribution is 2.10. The minimum absolute atomic E-state index is 0.0627. The van der Waals surface area contributed by atoms with Crippen LogP contribution in [0.15, 0.2) is 59.6 Å². The van der Waals surface area contributed by atoms with Crippen molar-refractivity contribution in [1.29, 1.82) is 0 Å². The molecule has 0 bridgehead atoms. The number of carbonyl (C=O) groups is 1. The number of nitrogens with zero attached hydrogens (tertiary/aromatic N) is 1. The SMILES string of the molecule is O=C(NCc1ccc(NC2=NCCN2)cc1)c1ccccc1. The molecule has 0 unspecified atom stereocenters. The van der Waals surface area contributed by atoms with Gasteiger partial charge in [-0.3, -0.25) is 9.79 Å². The van der Waals surface area contributed by atoms with Crippen molar-refractivity contribution < 1.29 is 4.79 Å². The Kier molecular flexibility index (Phi) is 4.34. The molecular formula is C17H18N4O. The highest BCUT2D eigenvalue weighted by atomic mass is 16.1. The van der Waals surface area contributed by atoms with Crippen molar-refractivity contribution in [2.75, 3.05) is 18.4 Å². The van der Waals surface area contributed by atoms with Gasteiger partial charge in [-0.1, -0.05) is 30.3 Å². The van der Waals surface area contributed by atoms with E-state index < -0.39 is 0 Å². The first-order valence-electron chi connectivity index (χ1n) is 7.29. The van der Waals surface area contributed by atoms with Gasteiger partial charge in [-0.15, -0.1) is 0 Å². The van der Waals surface area contributed by atoms with Gasteiger partial charge in [0.15, 0.2) is 5.96 Å². The van der Waals surface area contributed by atoms with E-state index in [1.165, 1.54) is 0 Å². The lowest BCUT2D eigenvalue weighted by Gasteiger charge is -2.08. The zero-order valence-electron chi connectivity index (χ0n) is 12.2. The second-order valence-corrected chi connectivity index (χ2v) is 5.03. The molecule has 1 amide bonds. The number of guanidine groups is 1. The molecule has 3 rings (SSSR count). The highest BCUT2D eigenvalue weighted by Gasteiger charge is 2.06. The maximum Gasteiger partial charge on any atom is 0.251 e.